The Hall–Kier alpha value is -3.22. The number of halogens is 2. The molecule has 0 saturated carbocycles. The Morgan fingerprint density at radius 1 is 1.12 bits per heavy atom. The Morgan fingerprint density at radius 3 is 2.60 bits per heavy atom. The van der Waals surface area contributed by atoms with Gasteiger partial charge >= 0.3 is 6.03 Å². The van der Waals surface area contributed by atoms with E-state index in [9.17, 15) is 13.6 Å². The van der Waals surface area contributed by atoms with Gasteiger partial charge in [-0.15, -0.1) is 5.10 Å². The third-order valence-electron chi connectivity index (χ3n) is 3.58. The summed E-state index contributed by atoms with van der Waals surface area (Å²) in [5, 5.41) is 9.44. The highest BCUT2D eigenvalue weighted by Gasteiger charge is 2.10. The van der Waals surface area contributed by atoms with Crippen molar-refractivity contribution in [3.05, 3.63) is 77.5 Å². The SMILES string of the molecule is Cc1cc(NC(=O)NCc2ccc(F)cc2F)nn1-c1ccccc1. The van der Waals surface area contributed by atoms with Gasteiger partial charge in [0.2, 0.25) is 0 Å². The smallest absolute Gasteiger partial charge is 0.320 e. The van der Waals surface area contributed by atoms with Gasteiger partial charge in [-0.05, 0) is 25.1 Å². The number of aryl methyl sites for hydroxylation is 1. The van der Waals surface area contributed by atoms with Gasteiger partial charge < -0.3 is 5.32 Å². The fraction of sp³-hybridized carbons (Fsp3) is 0.111. The number of hydrogen-bond donors (Lipinski definition) is 2. The molecule has 0 radical (unpaired) electrons. The van der Waals surface area contributed by atoms with Crippen LogP contribution in [0.4, 0.5) is 19.4 Å². The second-order valence-electron chi connectivity index (χ2n) is 5.46. The standard InChI is InChI=1S/C18H16F2N4O/c1-12-9-17(23-24(12)15-5-3-2-4-6-15)22-18(25)21-11-13-7-8-14(19)10-16(13)20/h2-10H,11H2,1H3,(H2,21,22,23,25). The lowest BCUT2D eigenvalue weighted by atomic mass is 10.2. The molecule has 1 aromatic heterocycles. The molecular weight excluding hydrogens is 326 g/mol. The monoisotopic (exact) mass is 342 g/mol. The van der Waals surface area contributed by atoms with Gasteiger partial charge in [0.15, 0.2) is 5.82 Å². The lowest BCUT2D eigenvalue weighted by molar-refractivity contribution is 0.251. The average molecular weight is 342 g/mol. The number of urea groups is 1. The van der Waals surface area contributed by atoms with Crippen LogP contribution >= 0.6 is 0 Å². The van der Waals surface area contributed by atoms with Gasteiger partial charge in [-0.2, -0.15) is 0 Å². The average Bonchev–Trinajstić information content (AvgIpc) is 2.95. The summed E-state index contributed by atoms with van der Waals surface area (Å²) < 4.78 is 28.1. The zero-order valence-corrected chi connectivity index (χ0v) is 13.5. The molecule has 0 spiro atoms. The molecule has 0 aliphatic carbocycles. The van der Waals surface area contributed by atoms with Crippen LogP contribution in [0.3, 0.4) is 0 Å². The molecular formula is C18H16F2N4O. The third-order valence-corrected chi connectivity index (χ3v) is 3.58. The highest BCUT2D eigenvalue weighted by atomic mass is 19.1. The Labute approximate surface area is 143 Å². The number of carbonyl (C=O) groups excluding carboxylic acids is 1. The van der Waals surface area contributed by atoms with Gasteiger partial charge in [0, 0.05) is 29.9 Å². The van der Waals surface area contributed by atoms with Gasteiger partial charge in [0.25, 0.3) is 0 Å². The topological polar surface area (TPSA) is 59.0 Å². The summed E-state index contributed by atoms with van der Waals surface area (Å²) in [6.45, 7) is 1.81. The summed E-state index contributed by atoms with van der Waals surface area (Å²) in [5.41, 5.74) is 1.93. The first kappa shape index (κ1) is 16.6. The van der Waals surface area contributed by atoms with E-state index in [1.165, 1.54) is 6.07 Å². The van der Waals surface area contributed by atoms with E-state index in [1.54, 1.807) is 10.7 Å². The summed E-state index contributed by atoms with van der Waals surface area (Å²) in [6, 6.07) is 13.9. The van der Waals surface area contributed by atoms with E-state index in [-0.39, 0.29) is 12.1 Å². The molecule has 2 aromatic carbocycles. The van der Waals surface area contributed by atoms with Crippen molar-refractivity contribution < 1.29 is 13.6 Å². The van der Waals surface area contributed by atoms with Crippen LogP contribution in [0.25, 0.3) is 5.69 Å². The maximum absolute atomic E-state index is 13.5. The number of anilines is 1. The molecule has 0 aliphatic heterocycles. The van der Waals surface area contributed by atoms with E-state index in [0.29, 0.717) is 5.82 Å². The van der Waals surface area contributed by atoms with Crippen molar-refractivity contribution in [2.75, 3.05) is 5.32 Å². The number of carbonyl (C=O) groups is 1. The molecule has 25 heavy (non-hydrogen) atoms. The minimum Gasteiger partial charge on any atom is -0.334 e. The highest BCUT2D eigenvalue weighted by molar-refractivity contribution is 5.88. The predicted molar refractivity (Wildman–Crippen MR) is 90.5 cm³/mol. The van der Waals surface area contributed by atoms with Crippen molar-refractivity contribution in [3.8, 4) is 5.69 Å². The summed E-state index contributed by atoms with van der Waals surface area (Å²) in [5.74, 6) is -0.990. The van der Waals surface area contributed by atoms with Crippen LogP contribution in [-0.2, 0) is 6.54 Å². The summed E-state index contributed by atoms with van der Waals surface area (Å²) >= 11 is 0. The zero-order chi connectivity index (χ0) is 17.8. The summed E-state index contributed by atoms with van der Waals surface area (Å²) in [7, 11) is 0. The number of nitrogens with zero attached hydrogens (tertiary/aromatic N) is 2. The zero-order valence-electron chi connectivity index (χ0n) is 13.5. The molecule has 0 fully saturated rings. The molecule has 128 valence electrons. The van der Waals surface area contributed by atoms with Crippen molar-refractivity contribution in [2.45, 2.75) is 13.5 Å². The molecule has 0 saturated heterocycles. The summed E-state index contributed by atoms with van der Waals surface area (Å²) in [4.78, 5) is 12.0. The van der Waals surface area contributed by atoms with Crippen LogP contribution in [0.1, 0.15) is 11.3 Å². The maximum atomic E-state index is 13.5. The van der Waals surface area contributed by atoms with Crippen molar-refractivity contribution in [1.29, 1.82) is 0 Å². The van der Waals surface area contributed by atoms with Crippen LogP contribution in [0.5, 0.6) is 0 Å². The number of nitrogens with one attached hydrogen (secondary N) is 2. The summed E-state index contributed by atoms with van der Waals surface area (Å²) in [6.07, 6.45) is 0. The lowest BCUT2D eigenvalue weighted by Gasteiger charge is -2.07. The molecule has 2 N–H and O–H groups in total. The Bertz CT molecular complexity index is 893. The number of aromatic nitrogens is 2. The van der Waals surface area contributed by atoms with Crippen LogP contribution in [0, 0.1) is 18.6 Å². The molecule has 2 amide bonds. The van der Waals surface area contributed by atoms with Gasteiger partial charge in [0.05, 0.1) is 5.69 Å². The predicted octanol–water partition coefficient (Wildman–Crippen LogP) is 3.78. The first-order valence-electron chi connectivity index (χ1n) is 7.64. The number of benzene rings is 2. The van der Waals surface area contributed by atoms with E-state index in [2.05, 4.69) is 15.7 Å². The minimum atomic E-state index is -0.704. The molecule has 0 atom stereocenters. The molecule has 0 aliphatic rings. The van der Waals surface area contributed by atoms with Crippen LogP contribution < -0.4 is 10.6 Å². The van der Waals surface area contributed by atoms with E-state index in [0.717, 1.165) is 23.5 Å². The molecule has 5 nitrogen and oxygen atoms in total. The van der Waals surface area contributed by atoms with E-state index in [1.807, 2.05) is 37.3 Å². The Morgan fingerprint density at radius 2 is 1.88 bits per heavy atom. The van der Waals surface area contributed by atoms with Gasteiger partial charge in [-0.3, -0.25) is 5.32 Å². The highest BCUT2D eigenvalue weighted by Crippen LogP contribution is 2.15. The first-order valence-corrected chi connectivity index (χ1v) is 7.64. The van der Waals surface area contributed by atoms with Crippen molar-refractivity contribution in [3.63, 3.8) is 0 Å². The van der Waals surface area contributed by atoms with Crippen LogP contribution in [-0.4, -0.2) is 15.8 Å². The second kappa shape index (κ2) is 7.12. The molecule has 0 bridgehead atoms. The number of para-hydroxylation sites is 1. The molecule has 3 rings (SSSR count). The van der Waals surface area contributed by atoms with Gasteiger partial charge in [-0.1, -0.05) is 24.3 Å². The Kier molecular flexibility index (Phi) is 4.74. The fourth-order valence-corrected chi connectivity index (χ4v) is 2.37. The quantitative estimate of drug-likeness (QED) is 0.758. The maximum Gasteiger partial charge on any atom is 0.320 e. The largest absolute Gasteiger partial charge is 0.334 e. The van der Waals surface area contributed by atoms with E-state index in [4.69, 9.17) is 0 Å². The van der Waals surface area contributed by atoms with Crippen LogP contribution in [0.2, 0.25) is 0 Å². The van der Waals surface area contributed by atoms with Gasteiger partial charge in [-0.25, -0.2) is 18.3 Å². The van der Waals surface area contributed by atoms with E-state index >= 15 is 0 Å². The lowest BCUT2D eigenvalue weighted by Crippen LogP contribution is -2.28. The fourth-order valence-electron chi connectivity index (χ4n) is 2.37. The third kappa shape index (κ3) is 4.00. The number of rotatable bonds is 4. The van der Waals surface area contributed by atoms with Crippen LogP contribution in [0.15, 0.2) is 54.6 Å². The van der Waals surface area contributed by atoms with Crippen molar-refractivity contribution in [1.82, 2.24) is 15.1 Å². The first-order chi connectivity index (χ1) is 12.0. The molecule has 1 heterocycles. The number of amides is 2. The van der Waals surface area contributed by atoms with Crippen molar-refractivity contribution >= 4 is 11.8 Å². The van der Waals surface area contributed by atoms with Crippen molar-refractivity contribution in [2.24, 2.45) is 0 Å². The molecule has 7 heteroatoms. The molecule has 0 unspecified atom stereocenters. The van der Waals surface area contributed by atoms with E-state index < -0.39 is 17.7 Å². The number of hydrogen-bond acceptors (Lipinski definition) is 2. The Balaban J connectivity index is 1.63. The normalized spacial score (nSPS) is 10.5. The molecule has 3 aromatic rings. The second-order valence-corrected chi connectivity index (χ2v) is 5.46. The van der Waals surface area contributed by atoms with Gasteiger partial charge in [0.1, 0.15) is 11.6 Å². The minimum absolute atomic E-state index is 0.0592.